The number of aromatic nitrogens is 2. The number of anilines is 1. The summed E-state index contributed by atoms with van der Waals surface area (Å²) in [5.41, 5.74) is 8.00. The summed E-state index contributed by atoms with van der Waals surface area (Å²) in [6.45, 7) is 2.83. The van der Waals surface area contributed by atoms with Crippen molar-refractivity contribution in [3.63, 3.8) is 0 Å². The van der Waals surface area contributed by atoms with E-state index >= 15 is 0 Å². The second-order valence-electron chi connectivity index (χ2n) is 5.78. The average Bonchev–Trinajstić information content (AvgIpc) is 3.02. The summed E-state index contributed by atoms with van der Waals surface area (Å²) in [6.07, 6.45) is 3.71. The van der Waals surface area contributed by atoms with E-state index in [-0.39, 0.29) is 11.9 Å². The van der Waals surface area contributed by atoms with Gasteiger partial charge in [-0.2, -0.15) is 0 Å². The van der Waals surface area contributed by atoms with E-state index in [4.69, 9.17) is 5.73 Å². The van der Waals surface area contributed by atoms with Crippen LogP contribution in [0.4, 0.5) is 5.95 Å². The van der Waals surface area contributed by atoms with Gasteiger partial charge in [0.25, 0.3) is 0 Å². The zero-order valence-corrected chi connectivity index (χ0v) is 12.4. The lowest BCUT2D eigenvalue weighted by molar-refractivity contribution is -0.117. The third-order valence-corrected chi connectivity index (χ3v) is 4.39. The van der Waals surface area contributed by atoms with Crippen molar-refractivity contribution in [2.45, 2.75) is 45.2 Å². The zero-order chi connectivity index (χ0) is 14.8. The first-order chi connectivity index (χ1) is 10.2. The van der Waals surface area contributed by atoms with E-state index in [1.807, 2.05) is 28.8 Å². The van der Waals surface area contributed by atoms with Crippen LogP contribution in [0, 0.1) is 5.92 Å². The summed E-state index contributed by atoms with van der Waals surface area (Å²) >= 11 is 0. The van der Waals surface area contributed by atoms with Gasteiger partial charge in [-0.3, -0.25) is 10.1 Å². The van der Waals surface area contributed by atoms with Crippen LogP contribution < -0.4 is 11.1 Å². The van der Waals surface area contributed by atoms with Gasteiger partial charge < -0.3 is 10.3 Å². The predicted molar refractivity (Wildman–Crippen MR) is 84.0 cm³/mol. The van der Waals surface area contributed by atoms with Gasteiger partial charge in [-0.05, 0) is 37.8 Å². The Hall–Kier alpha value is -1.88. The molecule has 0 saturated heterocycles. The Labute approximate surface area is 124 Å². The molecule has 2 atom stereocenters. The summed E-state index contributed by atoms with van der Waals surface area (Å²) in [5, 5.41) is 2.96. The number of nitrogens with two attached hydrogens (primary N) is 1. The van der Waals surface area contributed by atoms with Crippen molar-refractivity contribution in [2.75, 3.05) is 5.32 Å². The largest absolute Gasteiger partial charge is 0.327 e. The van der Waals surface area contributed by atoms with E-state index in [0.29, 0.717) is 18.3 Å². The first-order valence-electron chi connectivity index (χ1n) is 7.69. The Kier molecular flexibility index (Phi) is 3.92. The van der Waals surface area contributed by atoms with Crippen molar-refractivity contribution in [3.05, 3.63) is 24.3 Å². The molecule has 0 unspecified atom stereocenters. The van der Waals surface area contributed by atoms with Crippen LogP contribution in [0.1, 0.15) is 32.6 Å². The number of nitrogens with one attached hydrogen (secondary N) is 1. The number of hydrogen-bond acceptors (Lipinski definition) is 3. The second-order valence-corrected chi connectivity index (χ2v) is 5.78. The van der Waals surface area contributed by atoms with E-state index in [0.717, 1.165) is 36.8 Å². The van der Waals surface area contributed by atoms with Crippen molar-refractivity contribution in [1.82, 2.24) is 9.55 Å². The van der Waals surface area contributed by atoms with E-state index in [2.05, 4.69) is 17.2 Å². The van der Waals surface area contributed by atoms with Crippen molar-refractivity contribution in [2.24, 2.45) is 11.7 Å². The highest BCUT2D eigenvalue weighted by Crippen LogP contribution is 2.27. The van der Waals surface area contributed by atoms with Crippen LogP contribution in [-0.2, 0) is 11.3 Å². The molecule has 1 aromatic carbocycles. The van der Waals surface area contributed by atoms with Crippen LogP contribution >= 0.6 is 0 Å². The Morgan fingerprint density at radius 2 is 2.24 bits per heavy atom. The molecule has 21 heavy (non-hydrogen) atoms. The molecule has 112 valence electrons. The molecule has 2 aromatic rings. The van der Waals surface area contributed by atoms with Gasteiger partial charge in [-0.1, -0.05) is 18.6 Å². The van der Waals surface area contributed by atoms with Crippen LogP contribution in [0.5, 0.6) is 0 Å². The van der Waals surface area contributed by atoms with E-state index in [1.165, 1.54) is 0 Å². The number of carbonyl (C=O) groups excluding carboxylic acids is 1. The molecular formula is C16H22N4O. The highest BCUT2D eigenvalue weighted by molar-refractivity contribution is 5.91. The van der Waals surface area contributed by atoms with Gasteiger partial charge in [-0.25, -0.2) is 4.98 Å². The van der Waals surface area contributed by atoms with Crippen LogP contribution in [0.15, 0.2) is 24.3 Å². The number of rotatable bonds is 4. The first-order valence-corrected chi connectivity index (χ1v) is 7.69. The normalized spacial score (nSPS) is 21.8. The standard InChI is InChI=1S/C16H22N4O/c1-2-20-14-9-4-3-8-13(14)18-16(20)19-15(21)10-11-6-5-7-12(11)17/h3-4,8-9,11-12H,2,5-7,10,17H2,1H3,(H,18,19,21)/t11-,12+/m0/s1. The molecule has 1 fully saturated rings. The lowest BCUT2D eigenvalue weighted by atomic mass is 10.00. The van der Waals surface area contributed by atoms with Gasteiger partial charge in [0, 0.05) is 19.0 Å². The minimum Gasteiger partial charge on any atom is -0.327 e. The maximum absolute atomic E-state index is 12.2. The van der Waals surface area contributed by atoms with Gasteiger partial charge in [-0.15, -0.1) is 0 Å². The zero-order valence-electron chi connectivity index (χ0n) is 12.4. The van der Waals surface area contributed by atoms with Crippen LogP contribution in [0.3, 0.4) is 0 Å². The Balaban J connectivity index is 1.76. The summed E-state index contributed by atoms with van der Waals surface area (Å²) < 4.78 is 2.03. The number of hydrogen-bond donors (Lipinski definition) is 2. The Morgan fingerprint density at radius 1 is 1.43 bits per heavy atom. The molecule has 3 N–H and O–H groups in total. The highest BCUT2D eigenvalue weighted by Gasteiger charge is 2.26. The van der Waals surface area contributed by atoms with Gasteiger partial charge in [0.15, 0.2) is 0 Å². The average molecular weight is 286 g/mol. The van der Waals surface area contributed by atoms with Crippen molar-refractivity contribution in [3.8, 4) is 0 Å². The van der Waals surface area contributed by atoms with Crippen molar-refractivity contribution < 1.29 is 4.79 Å². The SMILES string of the molecule is CCn1c(NC(=O)C[C@@H]2CCC[C@H]2N)nc2ccccc21. The molecule has 1 heterocycles. The van der Waals surface area contributed by atoms with Gasteiger partial charge in [0.2, 0.25) is 11.9 Å². The molecule has 1 aliphatic carbocycles. The minimum absolute atomic E-state index is 0.0161. The molecular weight excluding hydrogens is 264 g/mol. The van der Waals surface area contributed by atoms with Gasteiger partial charge in [0.1, 0.15) is 0 Å². The Bertz CT molecular complexity index is 649. The molecule has 1 aliphatic rings. The highest BCUT2D eigenvalue weighted by atomic mass is 16.1. The number of fused-ring (bicyclic) bond motifs is 1. The smallest absolute Gasteiger partial charge is 0.227 e. The summed E-state index contributed by atoms with van der Waals surface area (Å²) in [7, 11) is 0. The number of benzene rings is 1. The molecule has 0 aliphatic heterocycles. The van der Waals surface area contributed by atoms with E-state index in [9.17, 15) is 4.79 Å². The third-order valence-electron chi connectivity index (χ3n) is 4.39. The summed E-state index contributed by atoms with van der Waals surface area (Å²) in [6, 6.07) is 8.09. The monoisotopic (exact) mass is 286 g/mol. The maximum atomic E-state index is 12.2. The topological polar surface area (TPSA) is 72.9 Å². The molecule has 1 saturated carbocycles. The molecule has 3 rings (SSSR count). The van der Waals surface area contributed by atoms with Crippen LogP contribution in [-0.4, -0.2) is 21.5 Å². The maximum Gasteiger partial charge on any atom is 0.227 e. The predicted octanol–water partition coefficient (Wildman–Crippen LogP) is 2.51. The quantitative estimate of drug-likeness (QED) is 0.907. The lowest BCUT2D eigenvalue weighted by Crippen LogP contribution is -2.28. The van der Waals surface area contributed by atoms with Crippen LogP contribution in [0.2, 0.25) is 0 Å². The molecule has 0 radical (unpaired) electrons. The van der Waals surface area contributed by atoms with Crippen molar-refractivity contribution >= 4 is 22.9 Å². The number of amides is 1. The summed E-state index contributed by atoms with van der Waals surface area (Å²) in [5.74, 6) is 0.960. The first kappa shape index (κ1) is 14.1. The van der Waals surface area contributed by atoms with E-state index < -0.39 is 0 Å². The van der Waals surface area contributed by atoms with Crippen molar-refractivity contribution in [1.29, 1.82) is 0 Å². The second kappa shape index (κ2) is 5.85. The Morgan fingerprint density at radius 3 is 2.95 bits per heavy atom. The molecule has 1 aromatic heterocycles. The van der Waals surface area contributed by atoms with Crippen LogP contribution in [0.25, 0.3) is 11.0 Å². The summed E-state index contributed by atoms with van der Waals surface area (Å²) in [4.78, 5) is 16.8. The fourth-order valence-electron chi connectivity index (χ4n) is 3.22. The number of aryl methyl sites for hydroxylation is 1. The fourth-order valence-corrected chi connectivity index (χ4v) is 3.22. The lowest BCUT2D eigenvalue weighted by Gasteiger charge is -2.14. The number of para-hydroxylation sites is 2. The van der Waals surface area contributed by atoms with E-state index in [1.54, 1.807) is 0 Å². The minimum atomic E-state index is 0.0161. The molecule has 5 heteroatoms. The number of nitrogens with zero attached hydrogens (tertiary/aromatic N) is 2. The number of carbonyl (C=O) groups is 1. The molecule has 0 spiro atoms. The van der Waals surface area contributed by atoms with Gasteiger partial charge in [0.05, 0.1) is 11.0 Å². The molecule has 1 amide bonds. The van der Waals surface area contributed by atoms with Gasteiger partial charge >= 0.3 is 0 Å². The third kappa shape index (κ3) is 2.78. The number of imidazole rings is 1. The molecule has 5 nitrogen and oxygen atoms in total. The molecule has 0 bridgehead atoms. The fraction of sp³-hybridized carbons (Fsp3) is 0.500.